The number of anilines is 2. The minimum absolute atomic E-state index is 0.177. The van der Waals surface area contributed by atoms with Crippen LogP contribution in [0, 0.1) is 17.6 Å². The summed E-state index contributed by atoms with van der Waals surface area (Å²) in [6, 6.07) is 0. The monoisotopic (exact) mass is 758 g/mol. The molecule has 2 fully saturated rings. The average molecular weight is 759 g/mol. The molecule has 0 aromatic carbocycles. The van der Waals surface area contributed by atoms with Crippen LogP contribution in [0.1, 0.15) is 92.5 Å². The quantitative estimate of drug-likeness (QED) is 0.130. The summed E-state index contributed by atoms with van der Waals surface area (Å²) >= 11 is 0. The summed E-state index contributed by atoms with van der Waals surface area (Å²) in [6.07, 6.45) is -1.82. The number of nitrogens with zero attached hydrogens (tertiary/aromatic N) is 4. The number of hydrogen-bond donors (Lipinski definition) is 4. The second-order valence-corrected chi connectivity index (χ2v) is 12.6. The first kappa shape index (κ1) is 42.9. The predicted molar refractivity (Wildman–Crippen MR) is 182 cm³/mol. The lowest BCUT2D eigenvalue weighted by Crippen LogP contribution is -2.36. The molecule has 18 nitrogen and oxygen atoms in total. The highest BCUT2D eigenvalue weighted by atomic mass is 19.1. The Morgan fingerprint density at radius 1 is 0.774 bits per heavy atom. The fourth-order valence-corrected chi connectivity index (χ4v) is 5.32. The Kier molecular flexibility index (Phi) is 16.2. The number of amides is 2. The highest BCUT2D eigenvalue weighted by molar-refractivity contribution is 5.83. The van der Waals surface area contributed by atoms with Crippen molar-refractivity contribution in [1.29, 1.82) is 0 Å². The van der Waals surface area contributed by atoms with Gasteiger partial charge in [0.1, 0.15) is 12.2 Å². The SMILES string of the molecule is CCCCCOC(=O)Nc1nc(=O)n(C2O[C@H](C)[C@@H](C)[C@H]2OC(C)=O)cc1F.CCCCCOC(=O)Nc1nc(=O)n(C2O[C@H](C)[C@@H](O)[C@H]2O)cc1F. The van der Waals surface area contributed by atoms with E-state index in [0.717, 1.165) is 47.2 Å². The molecule has 0 bridgehead atoms. The van der Waals surface area contributed by atoms with E-state index in [9.17, 15) is 43.0 Å². The van der Waals surface area contributed by atoms with E-state index >= 15 is 0 Å². The first-order chi connectivity index (χ1) is 25.1. The first-order valence-electron chi connectivity index (χ1n) is 17.4. The van der Waals surface area contributed by atoms with Crippen LogP contribution in [0.25, 0.3) is 0 Å². The number of rotatable bonds is 13. The summed E-state index contributed by atoms with van der Waals surface area (Å²) in [5.74, 6) is -3.81. The molecule has 0 aliphatic carbocycles. The lowest BCUT2D eigenvalue weighted by molar-refractivity contribution is -0.153. The van der Waals surface area contributed by atoms with Crippen molar-refractivity contribution in [2.45, 2.75) is 123 Å². The minimum Gasteiger partial charge on any atom is -0.457 e. The number of esters is 1. The average Bonchev–Trinajstić information content (AvgIpc) is 3.52. The fraction of sp³-hybridized carbons (Fsp3) is 0.667. The number of ether oxygens (including phenoxy) is 5. The standard InChI is InChI=1S/C18H26FN3O6.C15H22FN3O6/c1-5-6-7-8-26-18(25)21-15-13(19)9-22(17(24)20-15)16-14(28-12(4)23)10(2)11(3)27-16;1-3-4-5-6-24-15(23)18-12-9(16)7-19(14(22)17-12)13-11(21)10(20)8(2)25-13/h9-11,14,16H,5-8H2,1-4H3,(H,20,21,24,25);7-8,10-11,13,20-21H,3-6H2,1-2H3,(H,17,18,22,23)/t10-,11-,14-,16?;8-,10-,11-,13?/m11/s1. The Morgan fingerprint density at radius 2 is 1.23 bits per heavy atom. The van der Waals surface area contributed by atoms with Crippen LogP contribution in [0.15, 0.2) is 22.0 Å². The molecule has 4 rings (SSSR count). The molecule has 2 aromatic rings. The van der Waals surface area contributed by atoms with Gasteiger partial charge in [0.15, 0.2) is 41.8 Å². The second kappa shape index (κ2) is 20.1. The molecule has 2 unspecified atom stereocenters. The van der Waals surface area contributed by atoms with Gasteiger partial charge in [-0.25, -0.2) is 28.0 Å². The van der Waals surface area contributed by atoms with E-state index < -0.39 is 89.7 Å². The number of aliphatic hydroxyl groups is 2. The lowest BCUT2D eigenvalue weighted by atomic mass is 10.0. The third-order valence-corrected chi connectivity index (χ3v) is 8.44. The minimum atomic E-state index is -1.41. The van der Waals surface area contributed by atoms with Gasteiger partial charge in [0, 0.05) is 12.8 Å². The molecule has 4 N–H and O–H groups in total. The maximum atomic E-state index is 14.4. The molecule has 4 heterocycles. The summed E-state index contributed by atoms with van der Waals surface area (Å²) in [6.45, 7) is 10.7. The molecule has 2 saturated heterocycles. The number of aliphatic hydroxyl groups excluding tert-OH is 2. The van der Waals surface area contributed by atoms with E-state index in [4.69, 9.17) is 23.7 Å². The van der Waals surface area contributed by atoms with Gasteiger partial charge in [-0.2, -0.15) is 9.97 Å². The van der Waals surface area contributed by atoms with Crippen LogP contribution in [0.2, 0.25) is 0 Å². The Hall–Kier alpha value is -4.53. The maximum absolute atomic E-state index is 14.4. The van der Waals surface area contributed by atoms with Gasteiger partial charge in [-0.15, -0.1) is 0 Å². The Labute approximate surface area is 303 Å². The summed E-state index contributed by atoms with van der Waals surface area (Å²) in [4.78, 5) is 66.1. The van der Waals surface area contributed by atoms with Gasteiger partial charge in [0.25, 0.3) is 0 Å². The molecule has 8 atom stereocenters. The van der Waals surface area contributed by atoms with E-state index in [1.807, 2.05) is 13.8 Å². The molecule has 2 aliphatic heterocycles. The number of unbranched alkanes of at least 4 members (excludes halogenated alkanes) is 4. The zero-order valence-electron chi connectivity index (χ0n) is 30.5. The summed E-state index contributed by atoms with van der Waals surface area (Å²) in [7, 11) is 0. The van der Waals surface area contributed by atoms with Crippen molar-refractivity contribution in [3.63, 3.8) is 0 Å². The first-order valence-corrected chi connectivity index (χ1v) is 17.4. The summed E-state index contributed by atoms with van der Waals surface area (Å²) < 4.78 is 56.1. The van der Waals surface area contributed by atoms with Crippen molar-refractivity contribution < 1.29 is 57.1 Å². The number of carbonyl (C=O) groups excluding carboxylic acids is 3. The molecule has 2 aliphatic rings. The zero-order chi connectivity index (χ0) is 39.4. The van der Waals surface area contributed by atoms with Crippen molar-refractivity contribution in [2.24, 2.45) is 5.92 Å². The van der Waals surface area contributed by atoms with Crippen molar-refractivity contribution in [3.8, 4) is 0 Å². The predicted octanol–water partition coefficient (Wildman–Crippen LogP) is 3.37. The van der Waals surface area contributed by atoms with Crippen LogP contribution in [-0.2, 0) is 28.5 Å². The molecule has 53 heavy (non-hydrogen) atoms. The van der Waals surface area contributed by atoms with Gasteiger partial charge in [0.2, 0.25) is 0 Å². The number of hydrogen-bond acceptors (Lipinski definition) is 14. The van der Waals surface area contributed by atoms with Gasteiger partial charge in [0.05, 0.1) is 37.8 Å². The van der Waals surface area contributed by atoms with E-state index in [-0.39, 0.29) is 25.2 Å². The second-order valence-electron chi connectivity index (χ2n) is 12.6. The fourth-order valence-electron chi connectivity index (χ4n) is 5.32. The number of carbonyl (C=O) groups is 3. The van der Waals surface area contributed by atoms with E-state index in [1.54, 1.807) is 13.8 Å². The van der Waals surface area contributed by atoms with Crippen molar-refractivity contribution in [3.05, 3.63) is 45.0 Å². The highest BCUT2D eigenvalue weighted by Crippen LogP contribution is 2.35. The van der Waals surface area contributed by atoms with E-state index in [0.29, 0.717) is 12.8 Å². The lowest BCUT2D eigenvalue weighted by Gasteiger charge is -2.22. The van der Waals surface area contributed by atoms with Gasteiger partial charge >= 0.3 is 29.5 Å². The molecular formula is C33H48F2N6O12. The van der Waals surface area contributed by atoms with E-state index in [1.165, 1.54) is 13.8 Å². The van der Waals surface area contributed by atoms with Crippen LogP contribution in [0.5, 0.6) is 0 Å². The largest absolute Gasteiger partial charge is 0.457 e. The Balaban J connectivity index is 0.000000287. The number of nitrogens with one attached hydrogen (secondary N) is 2. The van der Waals surface area contributed by atoms with Gasteiger partial charge in [-0.05, 0) is 26.7 Å². The van der Waals surface area contributed by atoms with Crippen LogP contribution < -0.4 is 22.0 Å². The Morgan fingerprint density at radius 3 is 1.64 bits per heavy atom. The van der Waals surface area contributed by atoms with Crippen molar-refractivity contribution in [2.75, 3.05) is 23.8 Å². The Bertz CT molecular complexity index is 1680. The number of aromatic nitrogens is 4. The smallest absolute Gasteiger partial charge is 0.412 e. The third kappa shape index (κ3) is 11.7. The van der Waals surface area contributed by atoms with Crippen LogP contribution in [0.3, 0.4) is 0 Å². The molecule has 0 radical (unpaired) electrons. The highest BCUT2D eigenvalue weighted by Gasteiger charge is 2.44. The van der Waals surface area contributed by atoms with Crippen LogP contribution in [-0.4, -0.2) is 91.2 Å². The molecule has 20 heteroatoms. The van der Waals surface area contributed by atoms with E-state index in [2.05, 4.69) is 20.6 Å². The van der Waals surface area contributed by atoms with Crippen LogP contribution in [0.4, 0.5) is 30.0 Å². The molecule has 0 spiro atoms. The number of halogens is 2. The molecule has 2 amide bonds. The van der Waals surface area contributed by atoms with Crippen LogP contribution >= 0.6 is 0 Å². The molecule has 0 saturated carbocycles. The topological polar surface area (TPSA) is 232 Å². The zero-order valence-corrected chi connectivity index (χ0v) is 30.5. The molecular weight excluding hydrogens is 710 g/mol. The van der Waals surface area contributed by atoms with Crippen molar-refractivity contribution in [1.82, 2.24) is 19.1 Å². The van der Waals surface area contributed by atoms with Gasteiger partial charge in [-0.3, -0.25) is 24.6 Å². The summed E-state index contributed by atoms with van der Waals surface area (Å²) in [5, 5.41) is 23.7. The molecule has 296 valence electrons. The maximum Gasteiger partial charge on any atom is 0.412 e. The van der Waals surface area contributed by atoms with Gasteiger partial charge in [-0.1, -0.05) is 46.5 Å². The normalized spacial score (nSPS) is 24.9. The van der Waals surface area contributed by atoms with Crippen molar-refractivity contribution >= 4 is 29.8 Å². The van der Waals surface area contributed by atoms with Gasteiger partial charge < -0.3 is 33.9 Å². The summed E-state index contributed by atoms with van der Waals surface area (Å²) in [5.41, 5.74) is -1.81. The molecule has 2 aromatic heterocycles. The third-order valence-electron chi connectivity index (χ3n) is 8.44.